The normalized spacial score (nSPS) is 10.3. The Bertz CT molecular complexity index is 613. The largest absolute Gasteiger partial charge is 0.348 e. The highest BCUT2D eigenvalue weighted by atomic mass is 79.9. The van der Waals surface area contributed by atoms with Gasteiger partial charge in [0.1, 0.15) is 0 Å². The zero-order valence-corrected chi connectivity index (χ0v) is 12.8. The van der Waals surface area contributed by atoms with E-state index in [1.807, 2.05) is 31.2 Å². The van der Waals surface area contributed by atoms with Crippen molar-refractivity contribution in [2.75, 3.05) is 0 Å². The van der Waals surface area contributed by atoms with Crippen LogP contribution in [0.15, 0.2) is 46.9 Å². The van der Waals surface area contributed by atoms with Crippen molar-refractivity contribution in [3.05, 3.63) is 68.7 Å². The number of benzene rings is 2. The molecule has 0 saturated heterocycles. The molecule has 98 valence electrons. The van der Waals surface area contributed by atoms with Gasteiger partial charge < -0.3 is 5.32 Å². The van der Waals surface area contributed by atoms with Crippen LogP contribution < -0.4 is 5.32 Å². The average Bonchev–Trinajstić information content (AvgIpc) is 2.40. The standard InChI is InChI=1S/C15H13BrClNO/c1-10-4-2-3-5-12(10)9-18-15(19)11-6-7-14(17)13(16)8-11/h2-8H,9H2,1H3,(H,18,19). The van der Waals surface area contributed by atoms with Gasteiger partial charge in [0.25, 0.3) is 5.91 Å². The molecule has 0 heterocycles. The van der Waals surface area contributed by atoms with Gasteiger partial charge in [-0.15, -0.1) is 0 Å². The first-order valence-electron chi connectivity index (χ1n) is 5.85. The van der Waals surface area contributed by atoms with Crippen LogP contribution in [0.1, 0.15) is 21.5 Å². The summed E-state index contributed by atoms with van der Waals surface area (Å²) in [7, 11) is 0. The smallest absolute Gasteiger partial charge is 0.251 e. The Labute approximate surface area is 125 Å². The molecule has 0 fully saturated rings. The zero-order valence-electron chi connectivity index (χ0n) is 10.4. The lowest BCUT2D eigenvalue weighted by molar-refractivity contribution is 0.0951. The highest BCUT2D eigenvalue weighted by molar-refractivity contribution is 9.10. The molecule has 2 nitrogen and oxygen atoms in total. The lowest BCUT2D eigenvalue weighted by Gasteiger charge is -2.08. The maximum atomic E-state index is 12.0. The summed E-state index contributed by atoms with van der Waals surface area (Å²) in [6.45, 7) is 2.55. The number of nitrogens with one attached hydrogen (secondary N) is 1. The number of aryl methyl sites for hydroxylation is 1. The maximum absolute atomic E-state index is 12.0. The Hall–Kier alpha value is -1.32. The molecule has 0 aromatic heterocycles. The summed E-state index contributed by atoms with van der Waals surface area (Å²) in [5.41, 5.74) is 2.87. The number of carbonyl (C=O) groups excluding carboxylic acids is 1. The van der Waals surface area contributed by atoms with Gasteiger partial charge in [-0.1, -0.05) is 35.9 Å². The first kappa shape index (κ1) is 14.1. The van der Waals surface area contributed by atoms with Crippen molar-refractivity contribution in [1.29, 1.82) is 0 Å². The minimum Gasteiger partial charge on any atom is -0.348 e. The van der Waals surface area contributed by atoms with Crippen LogP contribution in [-0.2, 0) is 6.54 Å². The first-order valence-corrected chi connectivity index (χ1v) is 7.03. The summed E-state index contributed by atoms with van der Waals surface area (Å²) < 4.78 is 0.720. The second-order valence-electron chi connectivity index (χ2n) is 4.24. The van der Waals surface area contributed by atoms with Gasteiger partial charge in [0.05, 0.1) is 5.02 Å². The predicted octanol–water partition coefficient (Wildman–Crippen LogP) is 4.34. The van der Waals surface area contributed by atoms with Gasteiger partial charge in [-0.25, -0.2) is 0 Å². The summed E-state index contributed by atoms with van der Waals surface area (Å²) in [4.78, 5) is 12.0. The molecule has 2 aromatic rings. The average molecular weight is 339 g/mol. The molecule has 0 saturated carbocycles. The second kappa shape index (κ2) is 6.22. The number of halogens is 2. The fourth-order valence-corrected chi connectivity index (χ4v) is 2.22. The molecule has 0 aliphatic carbocycles. The van der Waals surface area contributed by atoms with Crippen molar-refractivity contribution >= 4 is 33.4 Å². The van der Waals surface area contributed by atoms with Crippen LogP contribution in [0.25, 0.3) is 0 Å². The SMILES string of the molecule is Cc1ccccc1CNC(=O)c1ccc(Cl)c(Br)c1. The molecule has 0 aliphatic heterocycles. The molecule has 4 heteroatoms. The maximum Gasteiger partial charge on any atom is 0.251 e. The quantitative estimate of drug-likeness (QED) is 0.886. The fourth-order valence-electron chi connectivity index (χ4n) is 1.72. The third-order valence-electron chi connectivity index (χ3n) is 2.88. The van der Waals surface area contributed by atoms with E-state index in [2.05, 4.69) is 21.2 Å². The third-order valence-corrected chi connectivity index (χ3v) is 4.10. The van der Waals surface area contributed by atoms with Crippen LogP contribution in [0, 0.1) is 6.92 Å². The van der Waals surface area contributed by atoms with Crippen LogP contribution in [0.3, 0.4) is 0 Å². The third kappa shape index (κ3) is 3.58. The van der Waals surface area contributed by atoms with Crippen molar-refractivity contribution in [2.24, 2.45) is 0 Å². The second-order valence-corrected chi connectivity index (χ2v) is 5.50. The minimum atomic E-state index is -0.111. The summed E-state index contributed by atoms with van der Waals surface area (Å²) in [6, 6.07) is 13.1. The number of hydrogen-bond donors (Lipinski definition) is 1. The molecule has 0 atom stereocenters. The summed E-state index contributed by atoms with van der Waals surface area (Å²) in [6.07, 6.45) is 0. The summed E-state index contributed by atoms with van der Waals surface area (Å²) in [5, 5.41) is 3.49. The van der Waals surface area contributed by atoms with E-state index in [0.29, 0.717) is 17.1 Å². The first-order chi connectivity index (χ1) is 9.08. The Balaban J connectivity index is 2.05. The molecular formula is C15H13BrClNO. The number of rotatable bonds is 3. The topological polar surface area (TPSA) is 29.1 Å². The van der Waals surface area contributed by atoms with Gasteiger partial charge >= 0.3 is 0 Å². The summed E-state index contributed by atoms with van der Waals surface area (Å²) >= 11 is 9.21. The van der Waals surface area contributed by atoms with Gasteiger partial charge in [-0.2, -0.15) is 0 Å². The number of amides is 1. The van der Waals surface area contributed by atoms with E-state index < -0.39 is 0 Å². The zero-order chi connectivity index (χ0) is 13.8. The van der Waals surface area contributed by atoms with Crippen LogP contribution in [0.4, 0.5) is 0 Å². The Kier molecular flexibility index (Phi) is 4.61. The molecule has 19 heavy (non-hydrogen) atoms. The Morgan fingerprint density at radius 2 is 2.00 bits per heavy atom. The van der Waals surface area contributed by atoms with Crippen molar-refractivity contribution in [3.8, 4) is 0 Å². The van der Waals surface area contributed by atoms with E-state index in [1.165, 1.54) is 5.56 Å². The lowest BCUT2D eigenvalue weighted by Crippen LogP contribution is -2.23. The minimum absolute atomic E-state index is 0.111. The van der Waals surface area contributed by atoms with Crippen molar-refractivity contribution in [1.82, 2.24) is 5.32 Å². The van der Waals surface area contributed by atoms with Gasteiger partial charge in [-0.3, -0.25) is 4.79 Å². The van der Waals surface area contributed by atoms with E-state index in [9.17, 15) is 4.79 Å². The van der Waals surface area contributed by atoms with Crippen molar-refractivity contribution in [2.45, 2.75) is 13.5 Å². The van der Waals surface area contributed by atoms with Crippen LogP contribution in [0.5, 0.6) is 0 Å². The van der Waals surface area contributed by atoms with Crippen molar-refractivity contribution < 1.29 is 4.79 Å². The van der Waals surface area contributed by atoms with E-state index >= 15 is 0 Å². The van der Waals surface area contributed by atoms with Gasteiger partial charge in [0.15, 0.2) is 0 Å². The highest BCUT2D eigenvalue weighted by Crippen LogP contribution is 2.23. The van der Waals surface area contributed by atoms with E-state index in [1.54, 1.807) is 18.2 Å². The molecule has 0 aliphatic rings. The highest BCUT2D eigenvalue weighted by Gasteiger charge is 2.08. The van der Waals surface area contributed by atoms with E-state index in [4.69, 9.17) is 11.6 Å². The molecule has 0 radical (unpaired) electrons. The number of carbonyl (C=O) groups is 1. The van der Waals surface area contributed by atoms with E-state index in [0.717, 1.165) is 10.0 Å². The Morgan fingerprint density at radius 1 is 1.26 bits per heavy atom. The molecular weight excluding hydrogens is 326 g/mol. The molecule has 1 N–H and O–H groups in total. The predicted molar refractivity (Wildman–Crippen MR) is 81.5 cm³/mol. The van der Waals surface area contributed by atoms with Crippen LogP contribution in [-0.4, -0.2) is 5.91 Å². The van der Waals surface area contributed by atoms with Gasteiger partial charge in [-0.05, 0) is 52.2 Å². The van der Waals surface area contributed by atoms with Gasteiger partial charge in [0.2, 0.25) is 0 Å². The molecule has 0 bridgehead atoms. The Morgan fingerprint density at radius 3 is 2.68 bits per heavy atom. The van der Waals surface area contributed by atoms with E-state index in [-0.39, 0.29) is 5.91 Å². The van der Waals surface area contributed by atoms with Crippen LogP contribution >= 0.6 is 27.5 Å². The molecule has 2 aromatic carbocycles. The molecule has 1 amide bonds. The molecule has 0 spiro atoms. The fraction of sp³-hybridized carbons (Fsp3) is 0.133. The molecule has 0 unspecified atom stereocenters. The van der Waals surface area contributed by atoms with Crippen LogP contribution in [0.2, 0.25) is 5.02 Å². The molecule has 2 rings (SSSR count). The number of hydrogen-bond acceptors (Lipinski definition) is 1. The van der Waals surface area contributed by atoms with Crippen molar-refractivity contribution in [3.63, 3.8) is 0 Å². The lowest BCUT2D eigenvalue weighted by atomic mass is 10.1. The summed E-state index contributed by atoms with van der Waals surface area (Å²) in [5.74, 6) is -0.111. The van der Waals surface area contributed by atoms with Gasteiger partial charge in [0, 0.05) is 16.6 Å². The monoisotopic (exact) mass is 337 g/mol.